The molecule has 25 heavy (non-hydrogen) atoms. The summed E-state index contributed by atoms with van der Waals surface area (Å²) >= 11 is 7.25. The minimum absolute atomic E-state index is 0.140. The number of carbonyl (C=O) groups excluding carboxylic acids is 1. The number of nitrogens with zero attached hydrogens (tertiary/aromatic N) is 4. The number of aromatic nitrogens is 4. The highest BCUT2D eigenvalue weighted by molar-refractivity contribution is 7.99. The van der Waals surface area contributed by atoms with Gasteiger partial charge in [0.1, 0.15) is 11.4 Å². The van der Waals surface area contributed by atoms with Crippen molar-refractivity contribution in [2.75, 3.05) is 18.2 Å². The lowest BCUT2D eigenvalue weighted by atomic mass is 10.3. The molecule has 0 bridgehead atoms. The highest BCUT2D eigenvalue weighted by atomic mass is 35.5. The number of thioether (sulfide) groups is 1. The standard InChI is InChI=1S/C16H14ClN5O2S/c1-24-14-9-5-4-8-13(14)22-16(19-20-21-22)25-10-15(23)18-12-7-3-2-6-11(12)17/h2-9H,10H2,1H3,(H,18,23). The van der Waals surface area contributed by atoms with Gasteiger partial charge in [-0.1, -0.05) is 47.6 Å². The van der Waals surface area contributed by atoms with Crippen LogP contribution in [-0.4, -0.2) is 39.0 Å². The van der Waals surface area contributed by atoms with Gasteiger partial charge in [0.25, 0.3) is 0 Å². The summed E-state index contributed by atoms with van der Waals surface area (Å²) in [7, 11) is 1.58. The Balaban J connectivity index is 1.70. The van der Waals surface area contributed by atoms with Gasteiger partial charge >= 0.3 is 0 Å². The van der Waals surface area contributed by atoms with Gasteiger partial charge in [-0.3, -0.25) is 4.79 Å². The van der Waals surface area contributed by atoms with E-state index in [0.717, 1.165) is 0 Å². The lowest BCUT2D eigenvalue weighted by molar-refractivity contribution is -0.113. The third-order valence-corrected chi connectivity index (χ3v) is 4.48. The third kappa shape index (κ3) is 4.09. The zero-order valence-electron chi connectivity index (χ0n) is 13.2. The van der Waals surface area contributed by atoms with E-state index in [4.69, 9.17) is 16.3 Å². The zero-order valence-corrected chi connectivity index (χ0v) is 14.8. The maximum atomic E-state index is 12.1. The van der Waals surface area contributed by atoms with E-state index in [2.05, 4.69) is 20.8 Å². The Morgan fingerprint density at radius 3 is 2.80 bits per heavy atom. The Labute approximate surface area is 153 Å². The summed E-state index contributed by atoms with van der Waals surface area (Å²) in [6.45, 7) is 0. The first-order valence-electron chi connectivity index (χ1n) is 7.28. The number of halogens is 1. The molecule has 0 aliphatic rings. The van der Waals surface area contributed by atoms with Crippen LogP contribution in [0.25, 0.3) is 5.69 Å². The number of anilines is 1. The summed E-state index contributed by atoms with van der Waals surface area (Å²) in [5.41, 5.74) is 1.27. The topological polar surface area (TPSA) is 81.9 Å². The van der Waals surface area contributed by atoms with Gasteiger partial charge in [-0.2, -0.15) is 4.68 Å². The largest absolute Gasteiger partial charge is 0.494 e. The molecule has 0 spiro atoms. The van der Waals surface area contributed by atoms with Crippen LogP contribution >= 0.6 is 23.4 Å². The number of amides is 1. The van der Waals surface area contributed by atoms with E-state index in [1.807, 2.05) is 24.3 Å². The van der Waals surface area contributed by atoms with Gasteiger partial charge in [0.05, 0.1) is 23.6 Å². The Bertz CT molecular complexity index is 886. The molecule has 0 unspecified atom stereocenters. The van der Waals surface area contributed by atoms with Crippen LogP contribution in [0.1, 0.15) is 0 Å². The van der Waals surface area contributed by atoms with E-state index >= 15 is 0 Å². The van der Waals surface area contributed by atoms with Crippen molar-refractivity contribution in [2.45, 2.75) is 5.16 Å². The highest BCUT2D eigenvalue weighted by Gasteiger charge is 2.15. The van der Waals surface area contributed by atoms with Gasteiger partial charge < -0.3 is 10.1 Å². The first-order chi connectivity index (χ1) is 12.2. The van der Waals surface area contributed by atoms with Gasteiger partial charge in [-0.05, 0) is 34.7 Å². The smallest absolute Gasteiger partial charge is 0.234 e. The number of tetrazole rings is 1. The van der Waals surface area contributed by atoms with Gasteiger partial charge in [-0.15, -0.1) is 5.10 Å². The van der Waals surface area contributed by atoms with Crippen molar-refractivity contribution in [3.63, 3.8) is 0 Å². The average Bonchev–Trinajstić information content (AvgIpc) is 3.10. The fourth-order valence-electron chi connectivity index (χ4n) is 2.10. The highest BCUT2D eigenvalue weighted by Crippen LogP contribution is 2.26. The SMILES string of the molecule is COc1ccccc1-n1nnnc1SCC(=O)Nc1ccccc1Cl. The summed E-state index contributed by atoms with van der Waals surface area (Å²) in [6, 6.07) is 14.4. The Kier molecular flexibility index (Phi) is 5.52. The summed E-state index contributed by atoms with van der Waals surface area (Å²) in [5.74, 6) is 0.575. The second kappa shape index (κ2) is 8.00. The van der Waals surface area contributed by atoms with Crippen LogP contribution in [0.15, 0.2) is 53.7 Å². The maximum Gasteiger partial charge on any atom is 0.234 e. The van der Waals surface area contributed by atoms with Gasteiger partial charge in [0, 0.05) is 0 Å². The second-order valence-electron chi connectivity index (χ2n) is 4.86. The first kappa shape index (κ1) is 17.2. The number of methoxy groups -OCH3 is 1. The molecule has 3 rings (SSSR count). The molecular weight excluding hydrogens is 362 g/mol. The molecule has 3 aromatic rings. The first-order valence-corrected chi connectivity index (χ1v) is 8.64. The van der Waals surface area contributed by atoms with Gasteiger partial charge in [-0.25, -0.2) is 0 Å². The van der Waals surface area contributed by atoms with E-state index in [0.29, 0.717) is 27.3 Å². The Hall–Kier alpha value is -2.58. The van der Waals surface area contributed by atoms with E-state index in [1.165, 1.54) is 16.4 Å². The van der Waals surface area contributed by atoms with Crippen molar-refractivity contribution in [1.29, 1.82) is 0 Å². The zero-order chi connectivity index (χ0) is 17.6. The summed E-state index contributed by atoms with van der Waals surface area (Å²) in [4.78, 5) is 12.1. The van der Waals surface area contributed by atoms with E-state index in [-0.39, 0.29) is 11.7 Å². The Morgan fingerprint density at radius 2 is 2.00 bits per heavy atom. The minimum atomic E-state index is -0.201. The molecule has 1 amide bonds. The van der Waals surface area contributed by atoms with Crippen LogP contribution in [0.4, 0.5) is 5.69 Å². The fraction of sp³-hybridized carbons (Fsp3) is 0.125. The van der Waals surface area contributed by atoms with Gasteiger partial charge in [0.15, 0.2) is 0 Å². The molecule has 9 heteroatoms. The summed E-state index contributed by atoms with van der Waals surface area (Å²) < 4.78 is 6.86. The number of benzene rings is 2. The number of nitrogens with one attached hydrogen (secondary N) is 1. The molecule has 0 aliphatic heterocycles. The van der Waals surface area contributed by atoms with Crippen LogP contribution in [0, 0.1) is 0 Å². The van der Waals surface area contributed by atoms with Crippen molar-refractivity contribution in [1.82, 2.24) is 20.2 Å². The molecule has 0 saturated heterocycles. The van der Waals surface area contributed by atoms with Crippen LogP contribution in [0.2, 0.25) is 5.02 Å². The van der Waals surface area contributed by atoms with E-state index < -0.39 is 0 Å². The number of carbonyl (C=O) groups is 1. The van der Waals surface area contributed by atoms with Crippen molar-refractivity contribution < 1.29 is 9.53 Å². The number of para-hydroxylation sites is 3. The molecule has 1 aromatic heterocycles. The molecule has 1 heterocycles. The molecule has 0 radical (unpaired) electrons. The monoisotopic (exact) mass is 375 g/mol. The number of rotatable bonds is 6. The maximum absolute atomic E-state index is 12.1. The molecular formula is C16H14ClN5O2S. The van der Waals surface area contributed by atoms with Crippen LogP contribution in [0.3, 0.4) is 0 Å². The normalized spacial score (nSPS) is 10.5. The predicted octanol–water partition coefficient (Wildman–Crippen LogP) is 3.06. The van der Waals surface area contributed by atoms with Crippen LogP contribution in [-0.2, 0) is 4.79 Å². The summed E-state index contributed by atoms with van der Waals surface area (Å²) in [5, 5.41) is 15.4. The van der Waals surface area contributed by atoms with Crippen molar-refractivity contribution >= 4 is 35.0 Å². The molecule has 7 nitrogen and oxygen atoms in total. The Morgan fingerprint density at radius 1 is 1.24 bits per heavy atom. The fourth-order valence-corrected chi connectivity index (χ4v) is 2.97. The molecule has 2 aromatic carbocycles. The third-order valence-electron chi connectivity index (χ3n) is 3.23. The van der Waals surface area contributed by atoms with Crippen molar-refractivity contribution in [2.24, 2.45) is 0 Å². The molecule has 0 atom stereocenters. The average molecular weight is 376 g/mol. The van der Waals surface area contributed by atoms with E-state index in [1.54, 1.807) is 31.4 Å². The summed E-state index contributed by atoms with van der Waals surface area (Å²) in [6.07, 6.45) is 0. The van der Waals surface area contributed by atoms with Crippen LogP contribution in [0.5, 0.6) is 5.75 Å². The molecule has 0 saturated carbocycles. The van der Waals surface area contributed by atoms with Crippen LogP contribution < -0.4 is 10.1 Å². The second-order valence-corrected chi connectivity index (χ2v) is 6.21. The molecule has 0 fully saturated rings. The molecule has 0 aliphatic carbocycles. The molecule has 1 N–H and O–H groups in total. The lowest BCUT2D eigenvalue weighted by Gasteiger charge is -2.09. The van der Waals surface area contributed by atoms with Crippen molar-refractivity contribution in [3.8, 4) is 11.4 Å². The van der Waals surface area contributed by atoms with Gasteiger partial charge in [0.2, 0.25) is 11.1 Å². The minimum Gasteiger partial charge on any atom is -0.494 e. The number of hydrogen-bond donors (Lipinski definition) is 1. The lowest BCUT2D eigenvalue weighted by Crippen LogP contribution is -2.15. The molecule has 128 valence electrons. The predicted molar refractivity (Wildman–Crippen MR) is 96.5 cm³/mol. The van der Waals surface area contributed by atoms with Crippen molar-refractivity contribution in [3.05, 3.63) is 53.6 Å². The quantitative estimate of drug-likeness (QED) is 0.667. The van der Waals surface area contributed by atoms with E-state index in [9.17, 15) is 4.79 Å². The number of hydrogen-bond acceptors (Lipinski definition) is 6. The number of ether oxygens (including phenoxy) is 1.